The van der Waals surface area contributed by atoms with E-state index in [4.69, 9.17) is 0 Å². The molecule has 0 atom stereocenters. The Morgan fingerprint density at radius 3 is 2.37 bits per heavy atom. The monoisotopic (exact) mass is 589 g/mol. The van der Waals surface area contributed by atoms with E-state index < -0.39 is 6.36 Å². The van der Waals surface area contributed by atoms with Gasteiger partial charge >= 0.3 is 6.36 Å². The summed E-state index contributed by atoms with van der Waals surface area (Å²) in [5.41, 5.74) is 1.55. The van der Waals surface area contributed by atoms with Crippen molar-refractivity contribution in [3.8, 4) is 5.75 Å². The minimum atomic E-state index is -4.80. The number of nitrogens with one attached hydrogen (secondary N) is 4. The van der Waals surface area contributed by atoms with Gasteiger partial charge in [0, 0.05) is 49.2 Å². The molecule has 1 saturated carbocycles. The largest absolute Gasteiger partial charge is 0.573 e. The number of thioether (sulfide) groups is 1. The second kappa shape index (κ2) is 14.8. The van der Waals surface area contributed by atoms with E-state index in [1.165, 1.54) is 23.8 Å². The number of hydrogen-bond acceptors (Lipinski definition) is 9. The van der Waals surface area contributed by atoms with Crippen molar-refractivity contribution in [3.63, 3.8) is 0 Å². The van der Waals surface area contributed by atoms with Gasteiger partial charge in [-0.15, -0.1) is 13.2 Å². The summed E-state index contributed by atoms with van der Waals surface area (Å²) >= 11 is 1.83. The van der Waals surface area contributed by atoms with E-state index in [1.807, 2.05) is 30.0 Å². The van der Waals surface area contributed by atoms with Crippen molar-refractivity contribution in [3.05, 3.63) is 65.7 Å². The number of carbonyl (C=O) groups excluding carboxylic acids is 1. The van der Waals surface area contributed by atoms with E-state index >= 15 is 0 Å². The van der Waals surface area contributed by atoms with Crippen LogP contribution in [0.15, 0.2) is 54.6 Å². The molecule has 1 amide bonds. The number of rotatable bonds is 13. The van der Waals surface area contributed by atoms with Gasteiger partial charge in [-0.3, -0.25) is 4.79 Å². The molecule has 0 radical (unpaired) electrons. The number of para-hydroxylation sites is 1. The van der Waals surface area contributed by atoms with E-state index in [-0.39, 0.29) is 35.7 Å². The molecule has 0 saturated heterocycles. The molecule has 4 rings (SSSR count). The number of halogens is 3. The van der Waals surface area contributed by atoms with Crippen LogP contribution in [-0.4, -0.2) is 52.6 Å². The topological polar surface area (TPSA) is 113 Å². The quantitative estimate of drug-likeness (QED) is 0.194. The number of aromatic nitrogens is 3. The van der Waals surface area contributed by atoms with Gasteiger partial charge in [0.2, 0.25) is 23.8 Å². The van der Waals surface area contributed by atoms with Crippen molar-refractivity contribution in [1.82, 2.24) is 20.3 Å². The van der Waals surface area contributed by atoms with Crippen molar-refractivity contribution in [2.24, 2.45) is 5.92 Å². The predicted molar refractivity (Wildman–Crippen MR) is 155 cm³/mol. The molecule has 4 N–H and O–H groups in total. The number of anilines is 3. The van der Waals surface area contributed by atoms with Crippen LogP contribution in [0.2, 0.25) is 0 Å². The van der Waals surface area contributed by atoms with Gasteiger partial charge in [0.25, 0.3) is 0 Å². The van der Waals surface area contributed by atoms with Crippen LogP contribution in [0, 0.1) is 5.92 Å². The number of ether oxygens (including phenoxy) is 1. The first-order chi connectivity index (χ1) is 19.8. The number of amides is 1. The zero-order chi connectivity index (χ0) is 29.1. The van der Waals surface area contributed by atoms with Crippen molar-refractivity contribution >= 4 is 35.5 Å². The van der Waals surface area contributed by atoms with Gasteiger partial charge in [-0.25, -0.2) is 0 Å². The lowest BCUT2D eigenvalue weighted by Crippen LogP contribution is -2.36. The fourth-order valence-electron chi connectivity index (χ4n) is 4.51. The van der Waals surface area contributed by atoms with Gasteiger partial charge in [-0.05, 0) is 37.3 Å². The Morgan fingerprint density at radius 2 is 1.63 bits per heavy atom. The van der Waals surface area contributed by atoms with E-state index in [0.717, 1.165) is 24.3 Å². The van der Waals surface area contributed by atoms with Crippen molar-refractivity contribution in [2.75, 3.05) is 35.3 Å². The third kappa shape index (κ3) is 9.99. The second-order valence-electron chi connectivity index (χ2n) is 9.59. The maximum atomic E-state index is 12.7. The average molecular weight is 590 g/mol. The van der Waals surface area contributed by atoms with Gasteiger partial charge in [0.1, 0.15) is 5.75 Å². The predicted octanol–water partition coefficient (Wildman–Crippen LogP) is 5.44. The van der Waals surface area contributed by atoms with Crippen molar-refractivity contribution < 1.29 is 22.7 Å². The molecule has 1 aliphatic carbocycles. The molecule has 1 heterocycles. The molecule has 1 aliphatic rings. The minimum absolute atomic E-state index is 0.0402. The minimum Gasteiger partial charge on any atom is -0.405 e. The Bertz CT molecular complexity index is 1260. The average Bonchev–Trinajstić information content (AvgIpc) is 2.96. The zero-order valence-corrected chi connectivity index (χ0v) is 23.5. The normalized spacial score (nSPS) is 17.0. The van der Waals surface area contributed by atoms with Gasteiger partial charge in [-0.1, -0.05) is 48.5 Å². The highest BCUT2D eigenvalue weighted by atomic mass is 32.2. The number of nitrogens with zero attached hydrogens (tertiary/aromatic N) is 3. The van der Waals surface area contributed by atoms with Crippen LogP contribution in [0.5, 0.6) is 5.75 Å². The first-order valence-electron chi connectivity index (χ1n) is 13.5. The lowest BCUT2D eigenvalue weighted by Gasteiger charge is -2.28. The van der Waals surface area contributed by atoms with Crippen LogP contribution >= 0.6 is 11.8 Å². The summed E-state index contributed by atoms with van der Waals surface area (Å²) in [6, 6.07) is 16.2. The number of benzene rings is 2. The molecule has 3 aromatic rings. The molecule has 0 spiro atoms. The molecule has 0 bridgehead atoms. The highest BCUT2D eigenvalue weighted by molar-refractivity contribution is 7.98. The van der Waals surface area contributed by atoms with Crippen molar-refractivity contribution in [1.29, 1.82) is 0 Å². The smallest absolute Gasteiger partial charge is 0.405 e. The zero-order valence-electron chi connectivity index (χ0n) is 22.7. The number of carbonyl (C=O) groups is 1. The third-order valence-electron chi connectivity index (χ3n) is 6.58. The molecule has 9 nitrogen and oxygen atoms in total. The summed E-state index contributed by atoms with van der Waals surface area (Å²) in [5.74, 6) is 2.50. The summed E-state index contributed by atoms with van der Waals surface area (Å²) in [6.07, 6.45) is -2.07. The Balaban J connectivity index is 1.22. The highest BCUT2D eigenvalue weighted by Gasteiger charge is 2.32. The maximum Gasteiger partial charge on any atom is 0.573 e. The van der Waals surface area contributed by atoms with Crippen LogP contribution in [0.25, 0.3) is 0 Å². The lowest BCUT2D eigenvalue weighted by atomic mass is 9.85. The molecule has 220 valence electrons. The third-order valence-corrected chi connectivity index (χ3v) is 7.61. The summed E-state index contributed by atoms with van der Waals surface area (Å²) in [6.45, 7) is 0.665. The van der Waals surface area contributed by atoms with Crippen LogP contribution in [-0.2, 0) is 17.1 Å². The Kier molecular flexibility index (Phi) is 10.9. The molecule has 41 heavy (non-hydrogen) atoms. The summed E-state index contributed by atoms with van der Waals surface area (Å²) in [5, 5.41) is 12.3. The molecular weight excluding hydrogens is 555 g/mol. The molecular formula is C28H34F3N7O2S. The van der Waals surface area contributed by atoms with Gasteiger partial charge in [-0.2, -0.15) is 26.7 Å². The van der Waals surface area contributed by atoms with E-state index in [2.05, 4.69) is 53.1 Å². The van der Waals surface area contributed by atoms with Crippen LogP contribution in [0.1, 0.15) is 36.8 Å². The molecule has 0 unspecified atom stereocenters. The highest BCUT2D eigenvalue weighted by Crippen LogP contribution is 2.28. The standard InChI is InChI=1S/C28H34F3N7O2S/c1-32-25-36-26(33-15-16-41-18-19-7-3-2-4-8-19)38-27(37-25)35-22-13-11-20(12-14-22)24(39)34-17-21-9-5-6-10-23(21)40-28(29,30)31/h2-10,20,22H,11-18H2,1H3,(H,34,39)(H3,32,33,35,36,37,38). The fourth-order valence-corrected chi connectivity index (χ4v) is 5.33. The maximum absolute atomic E-state index is 12.7. The molecule has 1 aromatic heterocycles. The lowest BCUT2D eigenvalue weighted by molar-refractivity contribution is -0.274. The first-order valence-corrected chi connectivity index (χ1v) is 14.6. The Hall–Kier alpha value is -3.74. The van der Waals surface area contributed by atoms with Crippen LogP contribution in [0.3, 0.4) is 0 Å². The van der Waals surface area contributed by atoms with E-state index in [0.29, 0.717) is 37.2 Å². The van der Waals surface area contributed by atoms with Crippen LogP contribution in [0.4, 0.5) is 31.0 Å². The fraction of sp³-hybridized carbons (Fsp3) is 0.429. The molecule has 13 heteroatoms. The van der Waals surface area contributed by atoms with Crippen molar-refractivity contribution in [2.45, 2.75) is 50.4 Å². The van der Waals surface area contributed by atoms with Gasteiger partial charge in [0.15, 0.2) is 0 Å². The van der Waals surface area contributed by atoms with Gasteiger partial charge in [0.05, 0.1) is 0 Å². The first kappa shape index (κ1) is 30.2. The summed E-state index contributed by atoms with van der Waals surface area (Å²) in [7, 11) is 1.75. The van der Waals surface area contributed by atoms with E-state index in [1.54, 1.807) is 13.1 Å². The molecule has 2 aromatic carbocycles. The van der Waals surface area contributed by atoms with E-state index in [9.17, 15) is 18.0 Å². The molecule has 0 aliphatic heterocycles. The van der Waals surface area contributed by atoms with Gasteiger partial charge < -0.3 is 26.0 Å². The SMILES string of the molecule is CNc1nc(NCCSCc2ccccc2)nc(NC2CCC(C(=O)NCc3ccccc3OC(F)(F)F)CC2)n1. The Morgan fingerprint density at radius 1 is 0.951 bits per heavy atom. The Labute approximate surface area is 241 Å². The number of hydrogen-bond donors (Lipinski definition) is 4. The summed E-state index contributed by atoms with van der Waals surface area (Å²) < 4.78 is 42.1. The second-order valence-corrected chi connectivity index (χ2v) is 10.7. The summed E-state index contributed by atoms with van der Waals surface area (Å²) in [4.78, 5) is 26.1. The van der Waals surface area contributed by atoms with Crippen LogP contribution < -0.4 is 26.0 Å². The number of alkyl halides is 3. The molecule has 1 fully saturated rings.